The SMILES string of the molecule is O=[N+]([O-])c1cc(F)ccc1S(=O)(=O)Nc1ccc(Br)cc1. The predicted molar refractivity (Wildman–Crippen MR) is 78.0 cm³/mol. The standard InChI is InChI=1S/C12H8BrFN2O4S/c13-8-1-4-10(5-2-8)15-21(19,20)12-6-3-9(14)7-11(12)16(17)18/h1-7,15H. The van der Waals surface area contributed by atoms with Crippen molar-refractivity contribution in [2.45, 2.75) is 4.90 Å². The molecule has 0 aliphatic heterocycles. The molecule has 0 fully saturated rings. The molecule has 0 saturated carbocycles. The van der Waals surface area contributed by atoms with Crippen LogP contribution in [0.2, 0.25) is 0 Å². The van der Waals surface area contributed by atoms with Gasteiger partial charge in [0.25, 0.3) is 15.7 Å². The van der Waals surface area contributed by atoms with Crippen molar-refractivity contribution in [2.75, 3.05) is 4.72 Å². The van der Waals surface area contributed by atoms with Crippen LogP contribution in [0.4, 0.5) is 15.8 Å². The molecule has 0 heterocycles. The van der Waals surface area contributed by atoms with Gasteiger partial charge in [0.15, 0.2) is 4.90 Å². The minimum Gasteiger partial charge on any atom is -0.279 e. The molecule has 21 heavy (non-hydrogen) atoms. The first-order valence-corrected chi connectivity index (χ1v) is 7.79. The molecule has 0 aliphatic rings. The van der Waals surface area contributed by atoms with Crippen LogP contribution in [0, 0.1) is 15.9 Å². The molecule has 1 N–H and O–H groups in total. The molecule has 0 atom stereocenters. The third-order valence-electron chi connectivity index (χ3n) is 2.50. The third kappa shape index (κ3) is 3.56. The van der Waals surface area contributed by atoms with Crippen molar-refractivity contribution in [1.29, 1.82) is 0 Å². The zero-order chi connectivity index (χ0) is 15.6. The number of benzene rings is 2. The highest BCUT2D eigenvalue weighted by molar-refractivity contribution is 9.10. The number of nitro benzene ring substituents is 1. The average Bonchev–Trinajstić information content (AvgIpc) is 2.40. The van der Waals surface area contributed by atoms with Gasteiger partial charge in [-0.25, -0.2) is 12.8 Å². The molecular weight excluding hydrogens is 367 g/mol. The Morgan fingerprint density at radius 3 is 2.33 bits per heavy atom. The molecule has 0 unspecified atom stereocenters. The summed E-state index contributed by atoms with van der Waals surface area (Å²) < 4.78 is 40.3. The molecule has 0 aromatic heterocycles. The molecule has 2 rings (SSSR count). The third-order valence-corrected chi connectivity index (χ3v) is 4.46. The van der Waals surface area contributed by atoms with Crippen molar-refractivity contribution in [2.24, 2.45) is 0 Å². The van der Waals surface area contributed by atoms with Gasteiger partial charge in [-0.2, -0.15) is 0 Å². The van der Waals surface area contributed by atoms with Gasteiger partial charge in [-0.3, -0.25) is 14.8 Å². The molecular formula is C12H8BrFN2O4S. The van der Waals surface area contributed by atoms with Crippen molar-refractivity contribution >= 4 is 37.3 Å². The second-order valence-electron chi connectivity index (χ2n) is 3.98. The van der Waals surface area contributed by atoms with E-state index in [-0.39, 0.29) is 5.69 Å². The number of hydrogen-bond donors (Lipinski definition) is 1. The maximum absolute atomic E-state index is 13.0. The summed E-state index contributed by atoms with van der Waals surface area (Å²) in [6.45, 7) is 0. The Hall–Kier alpha value is -2.00. The lowest BCUT2D eigenvalue weighted by Crippen LogP contribution is -2.14. The first-order chi connectivity index (χ1) is 9.79. The lowest BCUT2D eigenvalue weighted by Gasteiger charge is -2.08. The number of rotatable bonds is 4. The monoisotopic (exact) mass is 374 g/mol. The van der Waals surface area contributed by atoms with Gasteiger partial charge in [-0.15, -0.1) is 0 Å². The number of nitrogens with zero attached hydrogens (tertiary/aromatic N) is 1. The first kappa shape index (κ1) is 15.4. The van der Waals surface area contributed by atoms with Crippen LogP contribution in [-0.4, -0.2) is 13.3 Å². The minimum atomic E-state index is -4.19. The summed E-state index contributed by atoms with van der Waals surface area (Å²) in [6, 6.07) is 8.45. The summed E-state index contributed by atoms with van der Waals surface area (Å²) in [6.07, 6.45) is 0. The molecule has 0 radical (unpaired) electrons. The topological polar surface area (TPSA) is 89.3 Å². The van der Waals surface area contributed by atoms with Crippen molar-refractivity contribution in [3.8, 4) is 0 Å². The maximum atomic E-state index is 13.0. The zero-order valence-electron chi connectivity index (χ0n) is 10.3. The lowest BCUT2D eigenvalue weighted by atomic mass is 10.3. The van der Waals surface area contributed by atoms with Crippen LogP contribution in [-0.2, 0) is 10.0 Å². The van der Waals surface area contributed by atoms with Crippen LogP contribution in [0.3, 0.4) is 0 Å². The number of sulfonamides is 1. The van der Waals surface area contributed by atoms with E-state index in [1.54, 1.807) is 12.1 Å². The van der Waals surface area contributed by atoms with E-state index in [4.69, 9.17) is 0 Å². The number of nitrogens with one attached hydrogen (secondary N) is 1. The summed E-state index contributed by atoms with van der Waals surface area (Å²) in [5, 5.41) is 10.9. The van der Waals surface area contributed by atoms with Gasteiger partial charge < -0.3 is 0 Å². The Kier molecular flexibility index (Phi) is 4.24. The van der Waals surface area contributed by atoms with Crippen molar-refractivity contribution in [3.63, 3.8) is 0 Å². The van der Waals surface area contributed by atoms with Gasteiger partial charge in [0, 0.05) is 10.2 Å². The van der Waals surface area contributed by atoms with E-state index in [1.165, 1.54) is 12.1 Å². The maximum Gasteiger partial charge on any atom is 0.292 e. The van der Waals surface area contributed by atoms with E-state index >= 15 is 0 Å². The highest BCUT2D eigenvalue weighted by Crippen LogP contribution is 2.26. The van der Waals surface area contributed by atoms with Crippen LogP contribution < -0.4 is 4.72 Å². The van der Waals surface area contributed by atoms with Crippen molar-refractivity contribution < 1.29 is 17.7 Å². The van der Waals surface area contributed by atoms with Gasteiger partial charge >= 0.3 is 0 Å². The molecule has 110 valence electrons. The Morgan fingerprint density at radius 1 is 1.14 bits per heavy atom. The van der Waals surface area contributed by atoms with Gasteiger partial charge in [0.05, 0.1) is 11.0 Å². The molecule has 9 heteroatoms. The number of halogens is 2. The molecule has 6 nitrogen and oxygen atoms in total. The van der Waals surface area contributed by atoms with Crippen LogP contribution in [0.5, 0.6) is 0 Å². The van der Waals surface area contributed by atoms with Crippen LogP contribution >= 0.6 is 15.9 Å². The summed E-state index contributed by atoms with van der Waals surface area (Å²) in [4.78, 5) is 9.31. The second-order valence-corrected chi connectivity index (χ2v) is 6.55. The summed E-state index contributed by atoms with van der Waals surface area (Å²) in [5.41, 5.74) is -0.587. The highest BCUT2D eigenvalue weighted by atomic mass is 79.9. The fourth-order valence-electron chi connectivity index (χ4n) is 1.59. The van der Waals surface area contributed by atoms with E-state index < -0.39 is 31.3 Å². The first-order valence-electron chi connectivity index (χ1n) is 5.52. The zero-order valence-corrected chi connectivity index (χ0v) is 12.7. The van der Waals surface area contributed by atoms with Crippen LogP contribution in [0.25, 0.3) is 0 Å². The number of hydrogen-bond acceptors (Lipinski definition) is 4. The Balaban J connectivity index is 2.44. The van der Waals surface area contributed by atoms with Crippen LogP contribution in [0.15, 0.2) is 51.8 Å². The molecule has 0 spiro atoms. The predicted octanol–water partition coefficient (Wildman–Crippen LogP) is 3.30. The fraction of sp³-hybridized carbons (Fsp3) is 0. The average molecular weight is 375 g/mol. The summed E-state index contributed by atoms with van der Waals surface area (Å²) in [5.74, 6) is -0.885. The number of anilines is 1. The molecule has 0 amide bonds. The van der Waals surface area contributed by atoms with E-state index in [0.29, 0.717) is 6.07 Å². The summed E-state index contributed by atoms with van der Waals surface area (Å²) in [7, 11) is -4.19. The Bertz CT molecular complexity index is 793. The van der Waals surface area contributed by atoms with Gasteiger partial charge in [-0.05, 0) is 36.4 Å². The Labute approximate surface area is 127 Å². The normalized spacial score (nSPS) is 11.1. The molecule has 0 saturated heterocycles. The van der Waals surface area contributed by atoms with E-state index in [0.717, 1.165) is 16.6 Å². The molecule has 0 aliphatic carbocycles. The summed E-state index contributed by atoms with van der Waals surface area (Å²) >= 11 is 3.20. The van der Waals surface area contributed by atoms with E-state index in [1.807, 2.05) is 0 Å². The lowest BCUT2D eigenvalue weighted by molar-refractivity contribution is -0.388. The van der Waals surface area contributed by atoms with Crippen molar-refractivity contribution in [3.05, 3.63) is 62.9 Å². The van der Waals surface area contributed by atoms with Gasteiger partial charge in [0.2, 0.25) is 0 Å². The smallest absolute Gasteiger partial charge is 0.279 e. The minimum absolute atomic E-state index is 0.233. The Morgan fingerprint density at radius 2 is 1.76 bits per heavy atom. The molecule has 0 bridgehead atoms. The van der Waals surface area contributed by atoms with E-state index in [2.05, 4.69) is 20.7 Å². The highest BCUT2D eigenvalue weighted by Gasteiger charge is 2.26. The molecule has 2 aromatic carbocycles. The van der Waals surface area contributed by atoms with Crippen molar-refractivity contribution in [1.82, 2.24) is 0 Å². The largest absolute Gasteiger partial charge is 0.292 e. The fourth-order valence-corrected chi connectivity index (χ4v) is 3.07. The van der Waals surface area contributed by atoms with Crippen LogP contribution in [0.1, 0.15) is 0 Å². The molecule has 2 aromatic rings. The van der Waals surface area contributed by atoms with E-state index in [9.17, 15) is 22.9 Å². The van der Waals surface area contributed by atoms with Gasteiger partial charge in [0.1, 0.15) is 5.82 Å². The van der Waals surface area contributed by atoms with Gasteiger partial charge in [-0.1, -0.05) is 15.9 Å². The second kappa shape index (κ2) is 5.78. The quantitative estimate of drug-likeness (QED) is 0.656. The number of nitro groups is 1.